The number of amides is 1. The van der Waals surface area contributed by atoms with Gasteiger partial charge in [0.1, 0.15) is 0 Å². The van der Waals surface area contributed by atoms with E-state index in [1.54, 1.807) is 0 Å². The van der Waals surface area contributed by atoms with E-state index in [1.165, 1.54) is 49.3 Å². The fourth-order valence-electron chi connectivity index (χ4n) is 5.77. The monoisotopic (exact) mass is 402 g/mol. The van der Waals surface area contributed by atoms with E-state index >= 15 is 0 Å². The SMILES string of the molecule is O=C(Nc1ccc(N2CCCCC2)cc1)C1C[C@H]2CC[C@@H](C1)C21SCCS1. The Labute approximate surface area is 171 Å². The lowest BCUT2D eigenvalue weighted by Crippen LogP contribution is -2.41. The second-order valence-corrected chi connectivity index (χ2v) is 11.6. The molecule has 2 saturated heterocycles. The van der Waals surface area contributed by atoms with Crippen LogP contribution in [0.3, 0.4) is 0 Å². The standard InChI is InChI=1S/C22H30N2OS2/c25-21(16-14-17-4-5-18(15-16)22(17)26-12-13-27-22)23-19-6-8-20(9-7-19)24-10-2-1-3-11-24/h6-9,16-18H,1-5,10-15H2,(H,23,25)/t16?,17-,18+. The number of piperidine rings is 1. The summed E-state index contributed by atoms with van der Waals surface area (Å²) >= 11 is 4.41. The second kappa shape index (κ2) is 7.55. The first-order valence-electron chi connectivity index (χ1n) is 10.7. The van der Waals surface area contributed by atoms with Gasteiger partial charge in [-0.25, -0.2) is 0 Å². The first kappa shape index (κ1) is 18.2. The van der Waals surface area contributed by atoms with Crippen LogP contribution in [0.25, 0.3) is 0 Å². The Morgan fingerprint density at radius 1 is 0.963 bits per heavy atom. The Balaban J connectivity index is 1.21. The molecule has 2 bridgehead atoms. The van der Waals surface area contributed by atoms with E-state index in [4.69, 9.17) is 0 Å². The van der Waals surface area contributed by atoms with Crippen molar-refractivity contribution >= 4 is 40.8 Å². The fraction of sp³-hybridized carbons (Fsp3) is 0.682. The highest BCUT2D eigenvalue weighted by atomic mass is 32.2. The van der Waals surface area contributed by atoms with Gasteiger partial charge in [-0.3, -0.25) is 4.79 Å². The molecule has 1 unspecified atom stereocenters. The summed E-state index contributed by atoms with van der Waals surface area (Å²) in [5, 5.41) is 3.22. The fourth-order valence-corrected chi connectivity index (χ4v) is 9.70. The minimum absolute atomic E-state index is 0.205. The van der Waals surface area contributed by atoms with Crippen LogP contribution in [0.15, 0.2) is 24.3 Å². The Morgan fingerprint density at radius 3 is 2.22 bits per heavy atom. The highest BCUT2D eigenvalue weighted by Crippen LogP contribution is 2.65. The number of rotatable bonds is 3. The lowest BCUT2D eigenvalue weighted by atomic mass is 9.79. The minimum Gasteiger partial charge on any atom is -0.372 e. The summed E-state index contributed by atoms with van der Waals surface area (Å²) in [6.45, 7) is 2.32. The molecule has 4 aliphatic rings. The van der Waals surface area contributed by atoms with E-state index in [9.17, 15) is 4.79 Å². The van der Waals surface area contributed by atoms with E-state index in [0.29, 0.717) is 4.08 Å². The molecule has 1 amide bonds. The molecule has 2 saturated carbocycles. The summed E-state index contributed by atoms with van der Waals surface area (Å²) < 4.78 is 0.465. The van der Waals surface area contributed by atoms with Gasteiger partial charge in [0.25, 0.3) is 0 Å². The van der Waals surface area contributed by atoms with Crippen molar-refractivity contribution in [1.29, 1.82) is 0 Å². The third kappa shape index (κ3) is 3.39. The van der Waals surface area contributed by atoms with E-state index in [-0.39, 0.29) is 11.8 Å². The quantitative estimate of drug-likeness (QED) is 0.750. The molecular formula is C22H30N2OS2. The van der Waals surface area contributed by atoms with Gasteiger partial charge in [-0.15, -0.1) is 23.5 Å². The van der Waals surface area contributed by atoms with Crippen LogP contribution in [0.5, 0.6) is 0 Å². The Morgan fingerprint density at radius 2 is 1.59 bits per heavy atom. The molecule has 2 aliphatic carbocycles. The van der Waals surface area contributed by atoms with E-state index < -0.39 is 0 Å². The maximum atomic E-state index is 12.9. The van der Waals surface area contributed by atoms with Crippen molar-refractivity contribution in [3.8, 4) is 0 Å². The van der Waals surface area contributed by atoms with Crippen LogP contribution in [0, 0.1) is 17.8 Å². The molecule has 1 spiro atoms. The maximum absolute atomic E-state index is 12.9. The zero-order valence-electron chi connectivity index (χ0n) is 16.0. The lowest BCUT2D eigenvalue weighted by Gasteiger charge is -2.42. The molecule has 5 heteroatoms. The number of nitrogens with zero attached hydrogens (tertiary/aromatic N) is 1. The van der Waals surface area contributed by atoms with Crippen LogP contribution in [0.1, 0.15) is 44.9 Å². The highest BCUT2D eigenvalue weighted by molar-refractivity contribution is 8.21. The van der Waals surface area contributed by atoms with Gasteiger partial charge in [0.2, 0.25) is 5.91 Å². The molecule has 0 aromatic heterocycles. The Bertz CT molecular complexity index is 664. The van der Waals surface area contributed by atoms with Gasteiger partial charge in [0.15, 0.2) is 0 Å². The maximum Gasteiger partial charge on any atom is 0.227 e. The van der Waals surface area contributed by atoms with Gasteiger partial charge in [-0.2, -0.15) is 0 Å². The topological polar surface area (TPSA) is 32.3 Å². The molecule has 3 nitrogen and oxygen atoms in total. The van der Waals surface area contributed by atoms with Crippen LogP contribution in [-0.4, -0.2) is 34.6 Å². The summed E-state index contributed by atoms with van der Waals surface area (Å²) in [7, 11) is 0. The average molecular weight is 403 g/mol. The van der Waals surface area contributed by atoms with Crippen LogP contribution in [-0.2, 0) is 4.79 Å². The van der Waals surface area contributed by atoms with Gasteiger partial charge >= 0.3 is 0 Å². The molecule has 1 N–H and O–H groups in total. The van der Waals surface area contributed by atoms with Crippen molar-refractivity contribution in [2.24, 2.45) is 17.8 Å². The predicted octanol–water partition coefficient (Wildman–Crippen LogP) is 5.23. The zero-order chi connectivity index (χ0) is 18.3. The number of nitrogens with one attached hydrogen (secondary N) is 1. The molecule has 3 atom stereocenters. The van der Waals surface area contributed by atoms with Gasteiger partial charge < -0.3 is 10.2 Å². The smallest absolute Gasteiger partial charge is 0.227 e. The molecule has 2 heterocycles. The summed E-state index contributed by atoms with van der Waals surface area (Å²) in [4.78, 5) is 15.4. The van der Waals surface area contributed by atoms with Crippen molar-refractivity contribution in [3.05, 3.63) is 24.3 Å². The number of hydrogen-bond donors (Lipinski definition) is 1. The van der Waals surface area contributed by atoms with Crippen LogP contribution in [0.4, 0.5) is 11.4 Å². The second-order valence-electron chi connectivity index (χ2n) is 8.64. The van der Waals surface area contributed by atoms with Crippen LogP contribution in [0.2, 0.25) is 0 Å². The van der Waals surface area contributed by atoms with Crippen LogP contribution < -0.4 is 10.2 Å². The number of thioether (sulfide) groups is 2. The van der Waals surface area contributed by atoms with Gasteiger partial charge in [0.05, 0.1) is 4.08 Å². The first-order valence-corrected chi connectivity index (χ1v) is 12.7. The zero-order valence-corrected chi connectivity index (χ0v) is 17.6. The Kier molecular flexibility index (Phi) is 5.10. The largest absolute Gasteiger partial charge is 0.372 e. The predicted molar refractivity (Wildman–Crippen MR) is 118 cm³/mol. The highest BCUT2D eigenvalue weighted by Gasteiger charge is 2.57. The van der Waals surface area contributed by atoms with E-state index in [2.05, 4.69) is 58.0 Å². The molecule has 27 heavy (non-hydrogen) atoms. The summed E-state index contributed by atoms with van der Waals surface area (Å²) in [5.74, 6) is 4.55. The van der Waals surface area contributed by atoms with Crippen molar-refractivity contribution in [2.45, 2.75) is 49.0 Å². The summed E-state index contributed by atoms with van der Waals surface area (Å²) in [5.41, 5.74) is 2.25. The number of anilines is 2. The molecule has 0 radical (unpaired) electrons. The lowest BCUT2D eigenvalue weighted by molar-refractivity contribution is -0.121. The van der Waals surface area contributed by atoms with E-state index in [0.717, 1.165) is 43.5 Å². The van der Waals surface area contributed by atoms with Crippen molar-refractivity contribution in [2.75, 3.05) is 34.8 Å². The summed E-state index contributed by atoms with van der Waals surface area (Å²) in [6, 6.07) is 8.52. The van der Waals surface area contributed by atoms with Gasteiger partial charge in [-0.05, 0) is 81.0 Å². The van der Waals surface area contributed by atoms with Crippen LogP contribution >= 0.6 is 23.5 Å². The minimum atomic E-state index is 0.205. The number of carbonyl (C=O) groups is 1. The normalized spacial score (nSPS) is 32.0. The van der Waals surface area contributed by atoms with Crippen molar-refractivity contribution in [3.63, 3.8) is 0 Å². The molecule has 1 aromatic rings. The molecular weight excluding hydrogens is 372 g/mol. The third-order valence-corrected chi connectivity index (χ3v) is 11.1. The molecule has 5 rings (SSSR count). The molecule has 2 aliphatic heterocycles. The number of carbonyl (C=O) groups excluding carboxylic acids is 1. The number of hydrogen-bond acceptors (Lipinski definition) is 4. The first-order chi connectivity index (χ1) is 13.2. The van der Waals surface area contributed by atoms with E-state index in [1.807, 2.05) is 0 Å². The molecule has 146 valence electrons. The van der Waals surface area contributed by atoms with Crippen molar-refractivity contribution in [1.82, 2.24) is 0 Å². The van der Waals surface area contributed by atoms with Gasteiger partial charge in [0, 0.05) is 41.9 Å². The summed E-state index contributed by atoms with van der Waals surface area (Å²) in [6.07, 6.45) is 8.79. The van der Waals surface area contributed by atoms with Crippen molar-refractivity contribution < 1.29 is 4.79 Å². The third-order valence-electron chi connectivity index (χ3n) is 7.11. The number of benzene rings is 1. The van der Waals surface area contributed by atoms with Gasteiger partial charge in [-0.1, -0.05) is 0 Å². The molecule has 4 fully saturated rings. The average Bonchev–Trinajstić information content (AvgIpc) is 3.24. The molecule has 1 aromatic carbocycles. The Hall–Kier alpha value is -0.810.